The number of carbonyl (C=O) groups is 1. The minimum atomic E-state index is -0.906. The van der Waals surface area contributed by atoms with Crippen molar-refractivity contribution in [2.45, 2.75) is 19.8 Å². The molecule has 2 heterocycles. The second kappa shape index (κ2) is 4.32. The van der Waals surface area contributed by atoms with Gasteiger partial charge in [-0.3, -0.25) is 9.89 Å². The number of nitrogens with zero attached hydrogens (tertiary/aromatic N) is 4. The maximum atomic E-state index is 10.8. The van der Waals surface area contributed by atoms with Crippen LogP contribution in [-0.2, 0) is 4.79 Å². The van der Waals surface area contributed by atoms with Crippen LogP contribution in [0.2, 0.25) is 0 Å². The molecule has 8 heteroatoms. The lowest BCUT2D eigenvalue weighted by Gasteiger charge is -2.10. The summed E-state index contributed by atoms with van der Waals surface area (Å²) in [6, 6.07) is 0. The standard InChI is InChI=1S/C9H11N5O3/c1-4(5(2)9(15)16)8-12-7(14-17-8)6-10-3-11-13-6/h3-5H,1-2H3,(H,15,16)(H,10,11,13). The summed E-state index contributed by atoms with van der Waals surface area (Å²) in [7, 11) is 0. The molecule has 2 atom stereocenters. The van der Waals surface area contributed by atoms with Crippen LogP contribution in [0.1, 0.15) is 25.7 Å². The number of nitrogens with one attached hydrogen (secondary N) is 1. The molecule has 2 N–H and O–H groups in total. The molecule has 0 aromatic carbocycles. The first-order chi connectivity index (χ1) is 8.09. The topological polar surface area (TPSA) is 118 Å². The van der Waals surface area contributed by atoms with Crippen molar-refractivity contribution in [1.29, 1.82) is 0 Å². The Kier molecular flexibility index (Phi) is 2.86. The average Bonchev–Trinajstić information content (AvgIpc) is 2.96. The lowest BCUT2D eigenvalue weighted by molar-refractivity contribution is -0.141. The molecule has 0 fully saturated rings. The molecular formula is C9H11N5O3. The first kappa shape index (κ1) is 11.2. The maximum Gasteiger partial charge on any atom is 0.307 e. The minimum Gasteiger partial charge on any atom is -0.481 e. The second-order valence-corrected chi connectivity index (χ2v) is 3.71. The Labute approximate surface area is 96.1 Å². The Bertz CT molecular complexity index is 506. The Morgan fingerprint density at radius 2 is 2.29 bits per heavy atom. The van der Waals surface area contributed by atoms with Crippen LogP contribution in [0.25, 0.3) is 11.6 Å². The summed E-state index contributed by atoms with van der Waals surface area (Å²) in [5.41, 5.74) is 0. The fraction of sp³-hybridized carbons (Fsp3) is 0.444. The first-order valence-electron chi connectivity index (χ1n) is 5.01. The summed E-state index contributed by atoms with van der Waals surface area (Å²) in [6.07, 6.45) is 1.33. The number of hydrogen-bond acceptors (Lipinski definition) is 6. The third-order valence-corrected chi connectivity index (χ3v) is 2.60. The minimum absolute atomic E-state index is 0.266. The molecule has 0 aliphatic rings. The van der Waals surface area contributed by atoms with Gasteiger partial charge < -0.3 is 9.63 Å². The van der Waals surface area contributed by atoms with Gasteiger partial charge in [-0.05, 0) is 0 Å². The molecule has 2 aromatic heterocycles. The number of aromatic amines is 1. The van der Waals surface area contributed by atoms with E-state index < -0.39 is 11.9 Å². The highest BCUT2D eigenvalue weighted by Gasteiger charge is 2.26. The lowest BCUT2D eigenvalue weighted by Crippen LogP contribution is -2.16. The number of rotatable bonds is 4. The third kappa shape index (κ3) is 2.14. The molecule has 8 nitrogen and oxygen atoms in total. The van der Waals surface area contributed by atoms with Crippen LogP contribution in [-0.4, -0.2) is 36.4 Å². The predicted molar refractivity (Wildman–Crippen MR) is 54.9 cm³/mol. The van der Waals surface area contributed by atoms with Gasteiger partial charge in [0.2, 0.25) is 11.7 Å². The van der Waals surface area contributed by atoms with E-state index in [1.165, 1.54) is 6.33 Å². The van der Waals surface area contributed by atoms with Crippen molar-refractivity contribution in [3.63, 3.8) is 0 Å². The van der Waals surface area contributed by atoms with Crippen molar-refractivity contribution in [1.82, 2.24) is 25.3 Å². The van der Waals surface area contributed by atoms with Gasteiger partial charge in [0.05, 0.1) is 5.92 Å². The van der Waals surface area contributed by atoms with Crippen LogP contribution in [0.15, 0.2) is 10.9 Å². The van der Waals surface area contributed by atoms with E-state index in [0.717, 1.165) is 0 Å². The zero-order valence-electron chi connectivity index (χ0n) is 9.28. The molecule has 2 unspecified atom stereocenters. The van der Waals surface area contributed by atoms with Gasteiger partial charge in [-0.1, -0.05) is 19.0 Å². The fourth-order valence-corrected chi connectivity index (χ4v) is 1.26. The number of H-pyrrole nitrogens is 1. The first-order valence-corrected chi connectivity index (χ1v) is 5.01. The molecule has 17 heavy (non-hydrogen) atoms. The van der Waals surface area contributed by atoms with E-state index in [2.05, 4.69) is 25.3 Å². The third-order valence-electron chi connectivity index (χ3n) is 2.60. The number of hydrogen-bond donors (Lipinski definition) is 2. The quantitative estimate of drug-likeness (QED) is 0.802. The van der Waals surface area contributed by atoms with Crippen molar-refractivity contribution < 1.29 is 14.4 Å². The van der Waals surface area contributed by atoms with Crippen LogP contribution < -0.4 is 0 Å². The van der Waals surface area contributed by atoms with E-state index >= 15 is 0 Å². The summed E-state index contributed by atoms with van der Waals surface area (Å²) in [5, 5.41) is 18.9. The number of carboxylic acid groups (broad SMARTS) is 1. The molecule has 0 aliphatic heterocycles. The maximum absolute atomic E-state index is 10.8. The van der Waals surface area contributed by atoms with Gasteiger partial charge >= 0.3 is 5.97 Å². The Morgan fingerprint density at radius 3 is 2.88 bits per heavy atom. The van der Waals surface area contributed by atoms with Gasteiger partial charge in [-0.25, -0.2) is 4.98 Å². The molecule has 0 amide bonds. The SMILES string of the molecule is CC(C(=O)O)C(C)c1nc(-c2ncn[nH]2)no1. The molecule has 2 rings (SSSR count). The molecule has 0 spiro atoms. The van der Waals surface area contributed by atoms with Crippen molar-refractivity contribution in [3.8, 4) is 11.6 Å². The van der Waals surface area contributed by atoms with E-state index in [0.29, 0.717) is 5.82 Å². The van der Waals surface area contributed by atoms with E-state index in [9.17, 15) is 4.79 Å². The number of aliphatic carboxylic acids is 1. The molecule has 0 saturated carbocycles. The molecular weight excluding hydrogens is 226 g/mol. The monoisotopic (exact) mass is 237 g/mol. The Morgan fingerprint density at radius 1 is 1.53 bits per heavy atom. The summed E-state index contributed by atoms with van der Waals surface area (Å²) >= 11 is 0. The largest absolute Gasteiger partial charge is 0.481 e. The van der Waals surface area contributed by atoms with Gasteiger partial charge in [0, 0.05) is 5.92 Å². The van der Waals surface area contributed by atoms with E-state index in [4.69, 9.17) is 9.63 Å². The van der Waals surface area contributed by atoms with Crippen molar-refractivity contribution in [2.75, 3.05) is 0 Å². The van der Waals surface area contributed by atoms with Crippen LogP contribution >= 0.6 is 0 Å². The number of carboxylic acids is 1. The Balaban J connectivity index is 2.21. The smallest absolute Gasteiger partial charge is 0.307 e. The van der Waals surface area contributed by atoms with Crippen molar-refractivity contribution >= 4 is 5.97 Å². The summed E-state index contributed by atoms with van der Waals surface area (Å²) in [6.45, 7) is 3.31. The van der Waals surface area contributed by atoms with E-state index in [1.54, 1.807) is 13.8 Å². The summed E-state index contributed by atoms with van der Waals surface area (Å²) in [4.78, 5) is 18.8. The molecule has 0 aliphatic carbocycles. The van der Waals surface area contributed by atoms with Gasteiger partial charge in [0.25, 0.3) is 0 Å². The lowest BCUT2D eigenvalue weighted by atomic mass is 9.96. The van der Waals surface area contributed by atoms with Crippen LogP contribution in [0.3, 0.4) is 0 Å². The van der Waals surface area contributed by atoms with Crippen LogP contribution in [0.5, 0.6) is 0 Å². The molecule has 0 saturated heterocycles. The highest BCUT2D eigenvalue weighted by atomic mass is 16.5. The van der Waals surface area contributed by atoms with Gasteiger partial charge in [0.15, 0.2) is 5.82 Å². The molecule has 90 valence electrons. The predicted octanol–water partition coefficient (Wildman–Crippen LogP) is 0.679. The van der Waals surface area contributed by atoms with Gasteiger partial charge in [-0.2, -0.15) is 10.1 Å². The molecule has 0 radical (unpaired) electrons. The average molecular weight is 237 g/mol. The highest BCUT2D eigenvalue weighted by Crippen LogP contribution is 2.24. The van der Waals surface area contributed by atoms with Gasteiger partial charge in [0.1, 0.15) is 6.33 Å². The zero-order chi connectivity index (χ0) is 12.4. The van der Waals surface area contributed by atoms with E-state index in [-0.39, 0.29) is 17.6 Å². The van der Waals surface area contributed by atoms with E-state index in [1.807, 2.05) is 0 Å². The van der Waals surface area contributed by atoms with Crippen molar-refractivity contribution in [3.05, 3.63) is 12.2 Å². The fourth-order valence-electron chi connectivity index (χ4n) is 1.26. The Hall–Kier alpha value is -2.25. The summed E-state index contributed by atoms with van der Waals surface area (Å²) < 4.78 is 5.01. The normalized spacial score (nSPS) is 14.5. The van der Waals surface area contributed by atoms with Crippen LogP contribution in [0, 0.1) is 5.92 Å². The molecule has 2 aromatic rings. The van der Waals surface area contributed by atoms with Crippen LogP contribution in [0.4, 0.5) is 0 Å². The highest BCUT2D eigenvalue weighted by molar-refractivity contribution is 5.70. The molecule has 0 bridgehead atoms. The number of aromatic nitrogens is 5. The van der Waals surface area contributed by atoms with Gasteiger partial charge in [-0.15, -0.1) is 0 Å². The zero-order valence-corrected chi connectivity index (χ0v) is 9.28. The second-order valence-electron chi connectivity index (χ2n) is 3.71. The summed E-state index contributed by atoms with van der Waals surface area (Å²) in [5.74, 6) is -0.949. The van der Waals surface area contributed by atoms with Crippen molar-refractivity contribution in [2.24, 2.45) is 5.92 Å².